The molecule has 63 heavy (non-hydrogen) atoms. The SMILES string of the molecule is c1ccc(-c2nc(-c3cccc(-c4cccc(-n5c6ccc7ccccc7c6c6ccc7nc(-c8ccccc8)oc7c65)c4)c3)nc(-c3cccc4c3oc3ccccc34)n2)cc1. The third kappa shape index (κ3) is 5.67. The van der Waals surface area contributed by atoms with Crippen molar-refractivity contribution in [2.45, 2.75) is 0 Å². The van der Waals surface area contributed by atoms with Crippen molar-refractivity contribution in [3.63, 3.8) is 0 Å². The summed E-state index contributed by atoms with van der Waals surface area (Å²) < 4.78 is 15.5. The lowest BCUT2D eigenvalue weighted by molar-refractivity contribution is 0.621. The highest BCUT2D eigenvalue weighted by molar-refractivity contribution is 6.25. The van der Waals surface area contributed by atoms with Gasteiger partial charge in [0.1, 0.15) is 16.7 Å². The second-order valence-electron chi connectivity index (χ2n) is 15.8. The molecule has 0 unspecified atom stereocenters. The van der Waals surface area contributed by atoms with Crippen LogP contribution in [0.25, 0.3) is 128 Å². The van der Waals surface area contributed by atoms with E-state index in [-0.39, 0.29) is 0 Å². The predicted octanol–water partition coefficient (Wildman–Crippen LogP) is 14.5. The molecule has 4 heterocycles. The number of benzene rings is 9. The summed E-state index contributed by atoms with van der Waals surface area (Å²) in [6.07, 6.45) is 0. The summed E-state index contributed by atoms with van der Waals surface area (Å²) in [4.78, 5) is 20.3. The van der Waals surface area contributed by atoms with Crippen LogP contribution < -0.4 is 0 Å². The summed E-state index contributed by atoms with van der Waals surface area (Å²) in [6.45, 7) is 0. The zero-order valence-corrected chi connectivity index (χ0v) is 33.6. The van der Waals surface area contributed by atoms with Crippen LogP contribution in [-0.2, 0) is 0 Å². The van der Waals surface area contributed by atoms with Crippen molar-refractivity contribution in [3.05, 3.63) is 200 Å². The first kappa shape index (κ1) is 35.1. The lowest BCUT2D eigenvalue weighted by Crippen LogP contribution is -2.00. The van der Waals surface area contributed by atoms with E-state index >= 15 is 0 Å². The zero-order valence-electron chi connectivity index (χ0n) is 33.6. The summed E-state index contributed by atoms with van der Waals surface area (Å²) in [7, 11) is 0. The molecule has 0 radical (unpaired) electrons. The standard InChI is InChI=1S/C56H33N5O2/c1-3-15-35(16-4-1)53-58-54(60-55(59-53)45-26-13-25-43-42-24-9-10-27-48(42)62-51(43)45)39-21-11-19-37(32-39)38-20-12-22-40(33-38)61-47-31-28-34-14-7-8-23-41(34)49(47)44-29-30-46-52(50(44)61)63-56(57-46)36-17-5-2-6-18-36/h1-33H. The van der Waals surface area contributed by atoms with Gasteiger partial charge in [-0.15, -0.1) is 0 Å². The third-order valence-corrected chi connectivity index (χ3v) is 12.1. The van der Waals surface area contributed by atoms with Crippen LogP contribution >= 0.6 is 0 Å². The molecule has 294 valence electrons. The normalized spacial score (nSPS) is 11.8. The quantitative estimate of drug-likeness (QED) is 0.166. The van der Waals surface area contributed by atoms with Crippen LogP contribution in [-0.4, -0.2) is 24.5 Å². The molecule has 0 saturated heterocycles. The van der Waals surface area contributed by atoms with Gasteiger partial charge >= 0.3 is 0 Å². The molecule has 0 amide bonds. The molecule has 9 aromatic carbocycles. The van der Waals surface area contributed by atoms with E-state index in [2.05, 4.69) is 114 Å². The van der Waals surface area contributed by atoms with Crippen LogP contribution in [0, 0.1) is 0 Å². The van der Waals surface area contributed by atoms with E-state index < -0.39 is 0 Å². The fourth-order valence-corrected chi connectivity index (χ4v) is 9.15. The van der Waals surface area contributed by atoms with Gasteiger partial charge in [0.25, 0.3) is 0 Å². The molecule has 0 aliphatic heterocycles. The molecule has 0 bridgehead atoms. The highest BCUT2D eigenvalue weighted by Gasteiger charge is 2.22. The van der Waals surface area contributed by atoms with E-state index in [1.807, 2.05) is 91.0 Å². The Kier molecular flexibility index (Phi) is 7.77. The summed E-state index contributed by atoms with van der Waals surface area (Å²) in [5, 5.41) is 6.73. The Morgan fingerprint density at radius 1 is 0.381 bits per heavy atom. The topological polar surface area (TPSA) is 82.8 Å². The zero-order chi connectivity index (χ0) is 41.4. The second kappa shape index (κ2) is 13.9. The number of fused-ring (bicyclic) bond motifs is 10. The van der Waals surface area contributed by atoms with Crippen molar-refractivity contribution < 1.29 is 8.83 Å². The first-order valence-corrected chi connectivity index (χ1v) is 21.0. The van der Waals surface area contributed by atoms with Gasteiger partial charge in [0.05, 0.1) is 16.6 Å². The largest absolute Gasteiger partial charge is 0.455 e. The molecular formula is C56H33N5O2. The molecule has 7 nitrogen and oxygen atoms in total. The molecule has 13 aromatic rings. The van der Waals surface area contributed by atoms with Gasteiger partial charge in [0, 0.05) is 43.9 Å². The van der Waals surface area contributed by atoms with Crippen molar-refractivity contribution in [2.24, 2.45) is 0 Å². The summed E-state index contributed by atoms with van der Waals surface area (Å²) in [5.41, 5.74) is 11.8. The smallest absolute Gasteiger partial charge is 0.227 e. The van der Waals surface area contributed by atoms with E-state index in [4.69, 9.17) is 28.8 Å². The maximum Gasteiger partial charge on any atom is 0.227 e. The monoisotopic (exact) mass is 807 g/mol. The van der Waals surface area contributed by atoms with Crippen LogP contribution in [0.3, 0.4) is 0 Å². The molecule has 7 heteroatoms. The first-order valence-electron chi connectivity index (χ1n) is 21.0. The third-order valence-electron chi connectivity index (χ3n) is 12.1. The lowest BCUT2D eigenvalue weighted by atomic mass is 10.0. The van der Waals surface area contributed by atoms with Gasteiger partial charge in [0.2, 0.25) is 5.89 Å². The Hall–Kier alpha value is -8.68. The predicted molar refractivity (Wildman–Crippen MR) is 254 cm³/mol. The Labute approximate surface area is 360 Å². The highest BCUT2D eigenvalue weighted by Crippen LogP contribution is 2.42. The first-order chi connectivity index (χ1) is 31.2. The number of hydrogen-bond acceptors (Lipinski definition) is 6. The number of furan rings is 1. The molecule has 0 spiro atoms. The summed E-state index contributed by atoms with van der Waals surface area (Å²) >= 11 is 0. The number of oxazole rings is 1. The number of para-hydroxylation sites is 2. The molecule has 4 aromatic heterocycles. The van der Waals surface area contributed by atoms with Gasteiger partial charge < -0.3 is 13.4 Å². The maximum absolute atomic E-state index is 6.72. The molecule has 0 saturated carbocycles. The highest BCUT2D eigenvalue weighted by atomic mass is 16.3. The van der Waals surface area contributed by atoms with Crippen molar-refractivity contribution in [1.82, 2.24) is 24.5 Å². The minimum atomic E-state index is 0.545. The van der Waals surface area contributed by atoms with E-state index in [9.17, 15) is 0 Å². The van der Waals surface area contributed by atoms with Gasteiger partial charge in [-0.1, -0.05) is 140 Å². The minimum absolute atomic E-state index is 0.545. The second-order valence-corrected chi connectivity index (χ2v) is 15.8. The van der Waals surface area contributed by atoms with Crippen molar-refractivity contribution in [2.75, 3.05) is 0 Å². The van der Waals surface area contributed by atoms with Crippen LogP contribution in [0.5, 0.6) is 0 Å². The van der Waals surface area contributed by atoms with E-state index in [1.54, 1.807) is 0 Å². The molecule has 0 aliphatic carbocycles. The molecular weight excluding hydrogens is 775 g/mol. The lowest BCUT2D eigenvalue weighted by Gasteiger charge is -2.12. The average molecular weight is 808 g/mol. The van der Waals surface area contributed by atoms with Gasteiger partial charge in [-0.2, -0.15) is 0 Å². The Morgan fingerprint density at radius 2 is 1.03 bits per heavy atom. The molecule has 0 N–H and O–H groups in total. The maximum atomic E-state index is 6.72. The van der Waals surface area contributed by atoms with Crippen LogP contribution in [0.2, 0.25) is 0 Å². The number of rotatable bonds is 6. The molecule has 0 atom stereocenters. The van der Waals surface area contributed by atoms with Gasteiger partial charge in [-0.3, -0.25) is 0 Å². The van der Waals surface area contributed by atoms with Crippen LogP contribution in [0.1, 0.15) is 0 Å². The Balaban J connectivity index is 0.982. The van der Waals surface area contributed by atoms with Crippen LogP contribution in [0.4, 0.5) is 0 Å². The van der Waals surface area contributed by atoms with E-state index in [1.165, 1.54) is 16.2 Å². The molecule has 0 fully saturated rings. The molecule has 13 rings (SSSR count). The van der Waals surface area contributed by atoms with E-state index in [0.29, 0.717) is 23.4 Å². The summed E-state index contributed by atoms with van der Waals surface area (Å²) in [5.74, 6) is 2.30. The van der Waals surface area contributed by atoms with Crippen molar-refractivity contribution >= 4 is 65.6 Å². The van der Waals surface area contributed by atoms with Crippen LogP contribution in [0.15, 0.2) is 209 Å². The number of nitrogens with zero attached hydrogens (tertiary/aromatic N) is 5. The number of aromatic nitrogens is 5. The van der Waals surface area contributed by atoms with Crippen molar-refractivity contribution in [3.8, 4) is 62.4 Å². The van der Waals surface area contributed by atoms with Gasteiger partial charge in [0.15, 0.2) is 23.1 Å². The number of hydrogen-bond donors (Lipinski definition) is 0. The summed E-state index contributed by atoms with van der Waals surface area (Å²) in [6, 6.07) is 68.7. The van der Waals surface area contributed by atoms with Crippen molar-refractivity contribution in [1.29, 1.82) is 0 Å². The fraction of sp³-hybridized carbons (Fsp3) is 0. The Morgan fingerprint density at radius 3 is 1.89 bits per heavy atom. The molecule has 0 aliphatic rings. The van der Waals surface area contributed by atoms with Gasteiger partial charge in [-0.05, 0) is 82.6 Å². The van der Waals surface area contributed by atoms with Gasteiger partial charge in [-0.25, -0.2) is 19.9 Å². The average Bonchev–Trinajstić information content (AvgIpc) is 4.07. The Bertz CT molecular complexity index is 3920. The fourth-order valence-electron chi connectivity index (χ4n) is 9.15. The minimum Gasteiger partial charge on any atom is -0.455 e. The van der Waals surface area contributed by atoms with E-state index in [0.717, 1.165) is 88.5 Å².